The highest BCUT2D eigenvalue weighted by Crippen LogP contribution is 2.19. The van der Waals surface area contributed by atoms with E-state index in [0.717, 1.165) is 0 Å². The first-order chi connectivity index (χ1) is 10.0. The van der Waals surface area contributed by atoms with Gasteiger partial charge >= 0.3 is 0 Å². The zero-order valence-corrected chi connectivity index (χ0v) is 12.7. The van der Waals surface area contributed by atoms with Crippen LogP contribution in [0.15, 0.2) is 12.4 Å². The largest absolute Gasteiger partial charge is 0.383 e. The average molecular weight is 294 g/mol. The number of anilines is 1. The Morgan fingerprint density at radius 3 is 2.90 bits per heavy atom. The van der Waals surface area contributed by atoms with Gasteiger partial charge in [0, 0.05) is 13.3 Å². The van der Waals surface area contributed by atoms with E-state index >= 15 is 0 Å². The van der Waals surface area contributed by atoms with Gasteiger partial charge < -0.3 is 10.1 Å². The fraction of sp³-hybridized carbons (Fsp3) is 0.643. The Labute approximate surface area is 124 Å². The van der Waals surface area contributed by atoms with Gasteiger partial charge in [0.25, 0.3) is 0 Å². The number of aromatic nitrogens is 2. The molecular formula is C14H22N4O3. The van der Waals surface area contributed by atoms with Crippen molar-refractivity contribution in [2.24, 2.45) is 5.92 Å². The van der Waals surface area contributed by atoms with Gasteiger partial charge in [0.2, 0.25) is 11.8 Å². The molecule has 21 heavy (non-hydrogen) atoms. The zero-order valence-electron chi connectivity index (χ0n) is 12.7. The number of carbonyl (C=O) groups is 2. The van der Waals surface area contributed by atoms with E-state index in [0.29, 0.717) is 31.2 Å². The number of ether oxygens (including phenoxy) is 1. The summed E-state index contributed by atoms with van der Waals surface area (Å²) in [5, 5.41) is 6.95. The molecule has 0 spiro atoms. The number of amides is 2. The normalized spacial score (nSPS) is 19.2. The van der Waals surface area contributed by atoms with Gasteiger partial charge in [0.15, 0.2) is 0 Å². The number of carbonyl (C=O) groups excluding carboxylic acids is 2. The van der Waals surface area contributed by atoms with Crippen LogP contribution in [0, 0.1) is 5.92 Å². The topological polar surface area (TPSA) is 76.5 Å². The molecule has 2 heterocycles. The van der Waals surface area contributed by atoms with E-state index in [1.807, 2.05) is 13.8 Å². The summed E-state index contributed by atoms with van der Waals surface area (Å²) in [6.07, 6.45) is 4.01. The maximum atomic E-state index is 12.5. The molecule has 1 aromatic heterocycles. The van der Waals surface area contributed by atoms with Crippen LogP contribution in [-0.2, 0) is 20.9 Å². The Morgan fingerprint density at radius 2 is 2.24 bits per heavy atom. The first-order valence-corrected chi connectivity index (χ1v) is 7.13. The SMILES string of the molecule is COCCn1cc(N2CC(=O)NC(CC(C)C)C2=O)cn1. The lowest BCUT2D eigenvalue weighted by atomic mass is 10.0. The van der Waals surface area contributed by atoms with Crippen molar-refractivity contribution in [3.05, 3.63) is 12.4 Å². The van der Waals surface area contributed by atoms with Crippen LogP contribution in [-0.4, -0.2) is 47.9 Å². The second-order valence-corrected chi connectivity index (χ2v) is 5.63. The van der Waals surface area contributed by atoms with Gasteiger partial charge in [-0.25, -0.2) is 0 Å². The molecule has 1 aliphatic heterocycles. The Hall–Kier alpha value is -1.89. The number of hydrogen-bond donors (Lipinski definition) is 1. The van der Waals surface area contributed by atoms with Crippen LogP contribution in [0.3, 0.4) is 0 Å². The van der Waals surface area contributed by atoms with Crippen LogP contribution in [0.5, 0.6) is 0 Å². The number of hydrogen-bond acceptors (Lipinski definition) is 4. The number of nitrogens with one attached hydrogen (secondary N) is 1. The van der Waals surface area contributed by atoms with E-state index < -0.39 is 6.04 Å². The molecule has 0 radical (unpaired) electrons. The Balaban J connectivity index is 2.11. The van der Waals surface area contributed by atoms with E-state index in [2.05, 4.69) is 10.4 Å². The molecule has 1 unspecified atom stereocenters. The number of rotatable bonds is 6. The lowest BCUT2D eigenvalue weighted by molar-refractivity contribution is -0.131. The number of nitrogens with zero attached hydrogens (tertiary/aromatic N) is 3. The second kappa shape index (κ2) is 6.71. The van der Waals surface area contributed by atoms with Crippen molar-refractivity contribution in [1.29, 1.82) is 0 Å². The summed E-state index contributed by atoms with van der Waals surface area (Å²) in [5.74, 6) is 0.128. The van der Waals surface area contributed by atoms with Crippen molar-refractivity contribution in [3.8, 4) is 0 Å². The van der Waals surface area contributed by atoms with Crippen molar-refractivity contribution in [2.45, 2.75) is 32.9 Å². The van der Waals surface area contributed by atoms with Crippen molar-refractivity contribution in [1.82, 2.24) is 15.1 Å². The molecule has 0 aromatic carbocycles. The van der Waals surface area contributed by atoms with Crippen molar-refractivity contribution in [2.75, 3.05) is 25.2 Å². The highest BCUT2D eigenvalue weighted by atomic mass is 16.5. The molecule has 0 aliphatic carbocycles. The molecule has 2 amide bonds. The van der Waals surface area contributed by atoms with E-state index in [4.69, 9.17) is 4.74 Å². The molecule has 2 rings (SSSR count). The highest BCUT2D eigenvalue weighted by molar-refractivity contribution is 6.06. The second-order valence-electron chi connectivity index (χ2n) is 5.63. The monoisotopic (exact) mass is 294 g/mol. The summed E-state index contributed by atoms with van der Waals surface area (Å²) < 4.78 is 6.70. The maximum Gasteiger partial charge on any atom is 0.250 e. The molecule has 7 heteroatoms. The van der Waals surface area contributed by atoms with Crippen molar-refractivity contribution in [3.63, 3.8) is 0 Å². The molecule has 1 saturated heterocycles. The van der Waals surface area contributed by atoms with E-state index in [-0.39, 0.29) is 18.4 Å². The fourth-order valence-electron chi connectivity index (χ4n) is 2.36. The van der Waals surface area contributed by atoms with E-state index in [1.165, 1.54) is 4.90 Å². The lowest BCUT2D eigenvalue weighted by Crippen LogP contribution is -2.58. The van der Waals surface area contributed by atoms with Crippen LogP contribution < -0.4 is 10.2 Å². The third-order valence-corrected chi connectivity index (χ3v) is 3.36. The Bertz CT molecular complexity index is 512. The van der Waals surface area contributed by atoms with Crippen LogP contribution in [0.4, 0.5) is 5.69 Å². The highest BCUT2D eigenvalue weighted by Gasteiger charge is 2.34. The van der Waals surface area contributed by atoms with Gasteiger partial charge in [-0.2, -0.15) is 5.10 Å². The third kappa shape index (κ3) is 3.81. The fourth-order valence-corrected chi connectivity index (χ4v) is 2.36. The quantitative estimate of drug-likeness (QED) is 0.824. The smallest absolute Gasteiger partial charge is 0.250 e. The average Bonchev–Trinajstić information content (AvgIpc) is 2.88. The molecule has 0 saturated carbocycles. The Morgan fingerprint density at radius 1 is 1.48 bits per heavy atom. The van der Waals surface area contributed by atoms with Gasteiger partial charge in [-0.1, -0.05) is 13.8 Å². The molecule has 1 atom stereocenters. The molecular weight excluding hydrogens is 272 g/mol. The molecule has 0 bridgehead atoms. The van der Waals surface area contributed by atoms with Crippen LogP contribution in [0.2, 0.25) is 0 Å². The van der Waals surface area contributed by atoms with Crippen LogP contribution >= 0.6 is 0 Å². The van der Waals surface area contributed by atoms with Gasteiger partial charge in [-0.15, -0.1) is 0 Å². The molecule has 1 aromatic rings. The maximum absolute atomic E-state index is 12.5. The molecule has 116 valence electrons. The minimum Gasteiger partial charge on any atom is -0.383 e. The summed E-state index contributed by atoms with van der Waals surface area (Å²) in [4.78, 5) is 25.8. The predicted octanol–water partition coefficient (Wildman–Crippen LogP) is 0.407. The number of methoxy groups -OCH3 is 1. The van der Waals surface area contributed by atoms with Crippen molar-refractivity contribution >= 4 is 17.5 Å². The minimum atomic E-state index is -0.450. The first kappa shape index (κ1) is 15.5. The zero-order chi connectivity index (χ0) is 15.4. The third-order valence-electron chi connectivity index (χ3n) is 3.36. The summed E-state index contributed by atoms with van der Waals surface area (Å²) in [6, 6.07) is -0.450. The molecule has 7 nitrogen and oxygen atoms in total. The van der Waals surface area contributed by atoms with Gasteiger partial charge in [0.05, 0.1) is 25.0 Å². The van der Waals surface area contributed by atoms with E-state index in [1.54, 1.807) is 24.2 Å². The van der Waals surface area contributed by atoms with Gasteiger partial charge in [-0.3, -0.25) is 19.2 Å². The van der Waals surface area contributed by atoms with E-state index in [9.17, 15) is 9.59 Å². The van der Waals surface area contributed by atoms with Crippen LogP contribution in [0.25, 0.3) is 0 Å². The standard InChI is InChI=1S/C14H22N4O3/c1-10(2)6-12-14(20)18(9-13(19)16-12)11-7-15-17(8-11)4-5-21-3/h7-8,10,12H,4-6,9H2,1-3H3,(H,16,19). The molecule has 1 N–H and O–H groups in total. The van der Waals surface area contributed by atoms with Crippen LogP contribution in [0.1, 0.15) is 20.3 Å². The summed E-state index contributed by atoms with van der Waals surface area (Å²) >= 11 is 0. The van der Waals surface area contributed by atoms with Gasteiger partial charge in [0.1, 0.15) is 12.6 Å². The first-order valence-electron chi connectivity index (χ1n) is 7.13. The summed E-state index contributed by atoms with van der Waals surface area (Å²) in [6.45, 7) is 5.26. The summed E-state index contributed by atoms with van der Waals surface area (Å²) in [7, 11) is 1.62. The predicted molar refractivity (Wildman–Crippen MR) is 77.8 cm³/mol. The van der Waals surface area contributed by atoms with Crippen molar-refractivity contribution < 1.29 is 14.3 Å². The molecule has 1 aliphatic rings. The minimum absolute atomic E-state index is 0.0450. The summed E-state index contributed by atoms with van der Waals surface area (Å²) in [5.41, 5.74) is 0.653. The number of piperazine rings is 1. The lowest BCUT2D eigenvalue weighted by Gasteiger charge is -2.32. The Kier molecular flexibility index (Phi) is 4.95. The van der Waals surface area contributed by atoms with Gasteiger partial charge in [-0.05, 0) is 12.3 Å². The molecule has 1 fully saturated rings.